The summed E-state index contributed by atoms with van der Waals surface area (Å²) in [5.41, 5.74) is 9.00. The zero-order chi connectivity index (χ0) is 61.8. The number of carbonyl (C=O) groups is 5. The van der Waals surface area contributed by atoms with Crippen molar-refractivity contribution in [1.29, 1.82) is 0 Å². The van der Waals surface area contributed by atoms with Crippen LogP contribution in [0, 0.1) is 42.4 Å². The number of sulfonamides is 1. The molecular formula is C66H77N11O8S3. The van der Waals surface area contributed by atoms with Crippen molar-refractivity contribution in [2.75, 3.05) is 29.1 Å². The molecule has 5 fully saturated rings. The van der Waals surface area contributed by atoms with Crippen LogP contribution in [-0.2, 0) is 43.9 Å². The largest absolute Gasteiger partial charge is 0.391 e. The first-order chi connectivity index (χ1) is 42.1. The zero-order valence-electron chi connectivity index (χ0n) is 50.7. The molecule has 88 heavy (non-hydrogen) atoms. The number of nitrogens with zero attached hydrogens (tertiary/aromatic N) is 7. The number of hydrogen-bond acceptors (Lipinski definition) is 15. The Morgan fingerprint density at radius 1 is 0.841 bits per heavy atom. The number of nitrogens with one attached hydrogen (secondary N) is 4. The number of amides is 5. The second-order valence-electron chi connectivity index (χ2n) is 26.4. The molecule has 22 heteroatoms. The van der Waals surface area contributed by atoms with Gasteiger partial charge in [-0.1, -0.05) is 80.6 Å². The number of benzene rings is 3. The molecule has 19 nitrogen and oxygen atoms in total. The maximum absolute atomic E-state index is 14.7. The number of unbranched alkanes of at least 4 members (excludes halogenated alkanes) is 1. The molecule has 6 aliphatic rings. The van der Waals surface area contributed by atoms with Crippen molar-refractivity contribution in [2.45, 2.75) is 149 Å². The van der Waals surface area contributed by atoms with Crippen molar-refractivity contribution in [2.24, 2.45) is 28.6 Å². The molecule has 0 radical (unpaired) electrons. The van der Waals surface area contributed by atoms with Crippen LogP contribution in [0.5, 0.6) is 0 Å². The molecule has 5 amide bonds. The number of aromatic nitrogens is 5. The Morgan fingerprint density at radius 2 is 1.58 bits per heavy atom. The second-order valence-corrected chi connectivity index (χ2v) is 30.2. The number of para-hydroxylation sites is 1. The predicted octanol–water partition coefficient (Wildman–Crippen LogP) is 9.93. The van der Waals surface area contributed by atoms with Gasteiger partial charge in [-0.3, -0.25) is 34.0 Å². The minimum atomic E-state index is -4.30. The topological polar surface area (TPSA) is 251 Å². The maximum Gasteiger partial charge on any atom is 0.284 e. The van der Waals surface area contributed by atoms with Crippen molar-refractivity contribution >= 4 is 83.4 Å². The highest BCUT2D eigenvalue weighted by Gasteiger charge is 2.51. The van der Waals surface area contributed by atoms with Crippen LogP contribution < -0.4 is 25.6 Å². The van der Waals surface area contributed by atoms with Crippen LogP contribution in [-0.4, -0.2) is 110 Å². The lowest BCUT2D eigenvalue weighted by Gasteiger charge is -2.56. The van der Waals surface area contributed by atoms with E-state index in [1.165, 1.54) is 54.8 Å². The third-order valence-corrected chi connectivity index (χ3v) is 22.1. The van der Waals surface area contributed by atoms with Crippen LogP contribution in [0.4, 0.5) is 10.9 Å². The van der Waals surface area contributed by atoms with E-state index in [1.807, 2.05) is 98.5 Å². The first kappa shape index (κ1) is 60.9. The molecule has 5 N–H and O–H groups in total. The van der Waals surface area contributed by atoms with Gasteiger partial charge in [0.15, 0.2) is 5.13 Å². The van der Waals surface area contributed by atoms with Gasteiger partial charge in [-0.15, -0.1) is 11.3 Å². The van der Waals surface area contributed by atoms with Gasteiger partial charge in [0, 0.05) is 61.4 Å². The molecule has 13 rings (SSSR count). The number of rotatable bonds is 19. The van der Waals surface area contributed by atoms with E-state index < -0.39 is 69.0 Å². The van der Waals surface area contributed by atoms with Crippen molar-refractivity contribution in [3.8, 4) is 21.6 Å². The van der Waals surface area contributed by atoms with Gasteiger partial charge < -0.3 is 25.5 Å². The van der Waals surface area contributed by atoms with Crippen LogP contribution in [0.15, 0.2) is 90.6 Å². The van der Waals surface area contributed by atoms with Gasteiger partial charge in [-0.2, -0.15) is 5.10 Å². The number of carbonyl (C=O) groups excluding carboxylic acids is 5. The van der Waals surface area contributed by atoms with Crippen LogP contribution in [0.2, 0.25) is 0 Å². The monoisotopic (exact) mass is 1250 g/mol. The van der Waals surface area contributed by atoms with Crippen molar-refractivity contribution < 1.29 is 37.5 Å². The number of aryl methyl sites for hydroxylation is 1. The minimum absolute atomic E-state index is 0.00904. The predicted molar refractivity (Wildman–Crippen MR) is 341 cm³/mol. The summed E-state index contributed by atoms with van der Waals surface area (Å²) in [4.78, 5) is 89.0. The molecule has 3 aromatic carbocycles. The summed E-state index contributed by atoms with van der Waals surface area (Å²) in [7, 11) is -4.30. The lowest BCUT2D eigenvalue weighted by Crippen LogP contribution is -2.57. The number of aliphatic hydroxyl groups is 1. The number of likely N-dealkylation sites (tertiary alicyclic amines) is 1. The zero-order valence-corrected chi connectivity index (χ0v) is 53.1. The molecule has 4 aliphatic carbocycles. The van der Waals surface area contributed by atoms with E-state index in [0.717, 1.165) is 73.0 Å². The molecule has 0 spiro atoms. The van der Waals surface area contributed by atoms with E-state index in [2.05, 4.69) is 35.3 Å². The van der Waals surface area contributed by atoms with Crippen molar-refractivity contribution in [3.05, 3.63) is 130 Å². The van der Waals surface area contributed by atoms with E-state index in [1.54, 1.807) is 49.9 Å². The Hall–Kier alpha value is -7.40. The van der Waals surface area contributed by atoms with Crippen LogP contribution in [0.1, 0.15) is 147 Å². The molecule has 7 aromatic rings. The smallest absolute Gasteiger partial charge is 0.284 e. The number of aliphatic hydroxyl groups excluding tert-OH is 1. The molecule has 4 saturated carbocycles. The van der Waals surface area contributed by atoms with Crippen LogP contribution in [0.25, 0.3) is 31.8 Å². The van der Waals surface area contributed by atoms with Crippen LogP contribution in [0.3, 0.4) is 0 Å². The quantitative estimate of drug-likeness (QED) is 0.0474. The SMILES string of the molecule is Cc1ncsc1-c1ccc([C@H](C)NC(=O)[C@@H]2C[C@@H](O)CN2C(=O)C(NC(=O)CCCCS(=O)(=O)NC(=O)c2nc(N3CCc4cccc(C(=O)Nc5nc6ccccc6s5)c4C3)ccc2-c2cnn(CC34CC5CC(CC(C5)C3)C4)c2C)C(C)(C)C)cc1. The van der Waals surface area contributed by atoms with Gasteiger partial charge in [-0.25, -0.2) is 28.1 Å². The summed E-state index contributed by atoms with van der Waals surface area (Å²) in [6.45, 7) is 12.7. The first-order valence-electron chi connectivity index (χ1n) is 30.8. The van der Waals surface area contributed by atoms with Gasteiger partial charge in [-0.05, 0) is 160 Å². The Labute approximate surface area is 521 Å². The number of fused-ring (bicyclic) bond motifs is 2. The maximum atomic E-state index is 14.7. The van der Waals surface area contributed by atoms with E-state index in [-0.39, 0.29) is 49.2 Å². The third kappa shape index (κ3) is 12.9. The lowest BCUT2D eigenvalue weighted by atomic mass is 9.49. The number of thiazole rings is 2. The van der Waals surface area contributed by atoms with E-state index in [9.17, 15) is 37.5 Å². The van der Waals surface area contributed by atoms with E-state index >= 15 is 0 Å². The lowest BCUT2D eigenvalue weighted by molar-refractivity contribution is -0.144. The van der Waals surface area contributed by atoms with E-state index in [0.29, 0.717) is 47.2 Å². The summed E-state index contributed by atoms with van der Waals surface area (Å²) >= 11 is 2.95. The summed E-state index contributed by atoms with van der Waals surface area (Å²) in [5.74, 6) is -0.405. The fourth-order valence-corrected chi connectivity index (χ4v) is 17.6. The molecule has 2 aliphatic heterocycles. The van der Waals surface area contributed by atoms with Crippen molar-refractivity contribution in [1.82, 2.24) is 45.0 Å². The standard InChI is InChI=1S/C66H77N11O8S3/c1-38(44-17-19-46(20-18-44)58-39(2)67-37-86-58)69-61(81)53-29-47(78)34-76(53)63(83)59(65(4,5)6)72-56(79)16-9-10-25-88(84,85)74-62(82)57-48(50-33-68-77(40(50)3)36-66-30-41-26-42(31-66)28-43(27-41)32-66)21-22-55(71-57)75-24-23-45-12-11-13-49(51(45)35-75)60(80)73-64-70-52-14-7-8-15-54(52)87-64/h7-8,11-15,17-22,33,37-38,41-43,47,53,59,78H,9-10,16,23-32,34-36H2,1-6H3,(H,69,81)(H,72,79)(H,74,82)(H,70,73,80)/t38-,41?,42?,43?,47+,53-,59?,66?/m0/s1. The minimum Gasteiger partial charge on any atom is -0.391 e. The van der Waals surface area contributed by atoms with Crippen LogP contribution >= 0.6 is 22.7 Å². The summed E-state index contributed by atoms with van der Waals surface area (Å²) in [5, 5.41) is 25.1. The fraction of sp³-hybridized carbons (Fsp3) is 0.470. The molecule has 4 bridgehead atoms. The molecule has 1 unspecified atom stereocenters. The Morgan fingerprint density at radius 3 is 2.28 bits per heavy atom. The van der Waals surface area contributed by atoms with Gasteiger partial charge >= 0.3 is 0 Å². The number of hydrogen-bond donors (Lipinski definition) is 5. The van der Waals surface area contributed by atoms with Gasteiger partial charge in [0.05, 0.1) is 50.4 Å². The molecule has 4 aromatic heterocycles. The number of β-amino-alcohol motifs (C(OH)–C–C–N with tert-alkyl or cyclic N) is 1. The van der Waals surface area contributed by atoms with Gasteiger partial charge in [0.1, 0.15) is 23.6 Å². The molecular weight excluding hydrogens is 1170 g/mol. The highest BCUT2D eigenvalue weighted by Crippen LogP contribution is 2.60. The molecule has 4 atom stereocenters. The van der Waals surface area contributed by atoms with Crippen molar-refractivity contribution in [3.63, 3.8) is 0 Å². The average molecular weight is 1250 g/mol. The molecule has 1 saturated heterocycles. The third-order valence-electron chi connectivity index (χ3n) is 18.9. The highest BCUT2D eigenvalue weighted by atomic mass is 32.2. The molecule has 6 heterocycles. The summed E-state index contributed by atoms with van der Waals surface area (Å²) in [6, 6.07) is 22.4. The Kier molecular flexibility index (Phi) is 17.0. The fourth-order valence-electron chi connectivity index (χ4n) is 14.8. The summed E-state index contributed by atoms with van der Waals surface area (Å²) < 4.78 is 33.3. The van der Waals surface area contributed by atoms with E-state index in [4.69, 9.17) is 10.1 Å². The van der Waals surface area contributed by atoms with Gasteiger partial charge in [0.25, 0.3) is 11.8 Å². The first-order valence-corrected chi connectivity index (χ1v) is 34.1. The molecule has 462 valence electrons. The second kappa shape index (κ2) is 24.5. The Bertz CT molecular complexity index is 3880. The van der Waals surface area contributed by atoms with Gasteiger partial charge in [0.2, 0.25) is 27.7 Å². The average Bonchev–Trinajstić information content (AvgIpc) is 1.44. The normalized spacial score (nSPS) is 22.1. The number of anilines is 2. The summed E-state index contributed by atoms with van der Waals surface area (Å²) in [6.07, 6.45) is 8.96. The Balaban J connectivity index is 0.712. The number of pyridine rings is 1. The highest BCUT2D eigenvalue weighted by molar-refractivity contribution is 7.90.